The summed E-state index contributed by atoms with van der Waals surface area (Å²) in [5, 5.41) is 0. The molecule has 1 unspecified atom stereocenters. The monoisotopic (exact) mass is 430 g/mol. The fraction of sp³-hybridized carbons (Fsp3) is 0.750. The van der Waals surface area contributed by atoms with Crippen molar-refractivity contribution >= 4 is 5.97 Å². The van der Waals surface area contributed by atoms with Crippen LogP contribution in [0, 0.1) is 10.8 Å². The molecule has 1 aliphatic carbocycles. The molecule has 1 fully saturated rings. The van der Waals surface area contributed by atoms with Crippen molar-refractivity contribution in [2.24, 2.45) is 10.8 Å². The van der Waals surface area contributed by atoms with Crippen molar-refractivity contribution < 1.29 is 14.3 Å². The molecular formula is C28H46O3. The topological polar surface area (TPSA) is 35.5 Å². The molecule has 176 valence electrons. The van der Waals surface area contributed by atoms with E-state index >= 15 is 0 Å². The molecule has 3 nitrogen and oxygen atoms in total. The number of hydrogen-bond acceptors (Lipinski definition) is 3. The third kappa shape index (κ3) is 7.26. The quantitative estimate of drug-likeness (QED) is 0.333. The minimum atomic E-state index is -0.270. The van der Waals surface area contributed by atoms with Gasteiger partial charge in [0.25, 0.3) is 0 Å². The zero-order valence-electron chi connectivity index (χ0n) is 21.2. The van der Waals surface area contributed by atoms with Crippen molar-refractivity contribution in [2.45, 2.75) is 118 Å². The highest BCUT2D eigenvalue weighted by Gasteiger charge is 2.35. The summed E-state index contributed by atoms with van der Waals surface area (Å²) in [6.45, 7) is 16.1. The van der Waals surface area contributed by atoms with Crippen molar-refractivity contribution in [1.29, 1.82) is 0 Å². The minimum absolute atomic E-state index is 0.0200. The standard InChI is InChI=1S/C28H46O3/c1-8-26(4,5)20-24(27(6,7)9-2)22-14-16-23(17-15-22)30-21-25(29)31-28(10-3)18-12-11-13-19-28/h14-17,24H,8-13,18-21H2,1-7H3. The van der Waals surface area contributed by atoms with Crippen LogP contribution in [0.3, 0.4) is 0 Å². The largest absolute Gasteiger partial charge is 0.482 e. The van der Waals surface area contributed by atoms with Gasteiger partial charge in [-0.25, -0.2) is 4.79 Å². The predicted molar refractivity (Wildman–Crippen MR) is 130 cm³/mol. The molecule has 0 aromatic heterocycles. The summed E-state index contributed by atoms with van der Waals surface area (Å²) in [5.74, 6) is 0.974. The lowest BCUT2D eigenvalue weighted by atomic mass is 9.66. The van der Waals surface area contributed by atoms with E-state index in [4.69, 9.17) is 9.47 Å². The fourth-order valence-corrected chi connectivity index (χ4v) is 4.72. The Morgan fingerprint density at radius 3 is 2.10 bits per heavy atom. The first kappa shape index (κ1) is 25.7. The third-order valence-electron chi connectivity index (χ3n) is 7.95. The maximum atomic E-state index is 12.4. The Hall–Kier alpha value is -1.51. The number of carbonyl (C=O) groups is 1. The van der Waals surface area contributed by atoms with E-state index in [9.17, 15) is 4.79 Å². The summed E-state index contributed by atoms with van der Waals surface area (Å²) >= 11 is 0. The van der Waals surface area contributed by atoms with E-state index in [-0.39, 0.29) is 23.6 Å². The number of benzene rings is 1. The first-order chi connectivity index (χ1) is 14.6. The summed E-state index contributed by atoms with van der Waals surface area (Å²) < 4.78 is 11.7. The van der Waals surface area contributed by atoms with E-state index in [0.717, 1.165) is 50.7 Å². The Labute approximate surface area is 191 Å². The second kappa shape index (κ2) is 10.9. The van der Waals surface area contributed by atoms with Gasteiger partial charge in [-0.15, -0.1) is 0 Å². The average Bonchev–Trinajstić information content (AvgIpc) is 2.77. The number of hydrogen-bond donors (Lipinski definition) is 0. The summed E-state index contributed by atoms with van der Waals surface area (Å²) in [4.78, 5) is 12.4. The highest BCUT2D eigenvalue weighted by Crippen LogP contribution is 2.46. The molecule has 0 bridgehead atoms. The van der Waals surface area contributed by atoms with Gasteiger partial charge in [0.15, 0.2) is 6.61 Å². The lowest BCUT2D eigenvalue weighted by Gasteiger charge is -2.39. The molecular weight excluding hydrogens is 384 g/mol. The maximum Gasteiger partial charge on any atom is 0.344 e. The zero-order chi connectivity index (χ0) is 23.1. The van der Waals surface area contributed by atoms with E-state index < -0.39 is 0 Å². The molecule has 1 saturated carbocycles. The summed E-state index contributed by atoms with van der Waals surface area (Å²) in [5.41, 5.74) is 1.63. The van der Waals surface area contributed by atoms with Gasteiger partial charge in [-0.2, -0.15) is 0 Å². The minimum Gasteiger partial charge on any atom is -0.482 e. The fourth-order valence-electron chi connectivity index (χ4n) is 4.72. The molecule has 3 heteroatoms. The molecule has 1 aromatic carbocycles. The van der Waals surface area contributed by atoms with Gasteiger partial charge in [-0.1, -0.05) is 79.9 Å². The van der Waals surface area contributed by atoms with Crippen molar-refractivity contribution in [3.05, 3.63) is 29.8 Å². The van der Waals surface area contributed by atoms with Crippen LogP contribution in [0.4, 0.5) is 0 Å². The molecule has 0 N–H and O–H groups in total. The molecule has 0 spiro atoms. The summed E-state index contributed by atoms with van der Waals surface area (Å²) in [6.07, 6.45) is 9.85. The van der Waals surface area contributed by atoms with Crippen molar-refractivity contribution in [2.75, 3.05) is 6.61 Å². The van der Waals surface area contributed by atoms with Gasteiger partial charge in [-0.3, -0.25) is 0 Å². The Bertz CT molecular complexity index is 681. The third-order valence-corrected chi connectivity index (χ3v) is 7.95. The van der Waals surface area contributed by atoms with Crippen LogP contribution in [-0.4, -0.2) is 18.2 Å². The second-order valence-corrected chi connectivity index (χ2v) is 11.0. The van der Waals surface area contributed by atoms with E-state index in [0.29, 0.717) is 11.3 Å². The van der Waals surface area contributed by atoms with Crippen LogP contribution in [0.25, 0.3) is 0 Å². The smallest absolute Gasteiger partial charge is 0.344 e. The number of rotatable bonds is 11. The van der Waals surface area contributed by atoms with Crippen molar-refractivity contribution in [3.8, 4) is 5.75 Å². The highest BCUT2D eigenvalue weighted by atomic mass is 16.6. The van der Waals surface area contributed by atoms with Gasteiger partial charge in [0.2, 0.25) is 0 Å². The molecule has 1 atom stereocenters. The van der Waals surface area contributed by atoms with Crippen LogP contribution in [0.5, 0.6) is 5.75 Å². The van der Waals surface area contributed by atoms with Gasteiger partial charge < -0.3 is 9.47 Å². The number of carbonyl (C=O) groups excluding carboxylic acids is 1. The summed E-state index contributed by atoms with van der Waals surface area (Å²) in [6, 6.07) is 8.39. The van der Waals surface area contributed by atoms with Crippen LogP contribution in [0.15, 0.2) is 24.3 Å². The Morgan fingerprint density at radius 1 is 0.968 bits per heavy atom. The van der Waals surface area contributed by atoms with Crippen LogP contribution >= 0.6 is 0 Å². The normalized spacial score (nSPS) is 17.8. The van der Waals surface area contributed by atoms with Gasteiger partial charge in [0.05, 0.1) is 0 Å². The SMILES string of the molecule is CCC(C)(C)CC(c1ccc(OCC(=O)OC2(CC)CCCCC2)cc1)C(C)(C)CC. The molecule has 0 radical (unpaired) electrons. The number of esters is 1. The van der Waals surface area contributed by atoms with Gasteiger partial charge in [0, 0.05) is 0 Å². The Balaban J connectivity index is 2.01. The van der Waals surface area contributed by atoms with Crippen LogP contribution < -0.4 is 4.74 Å². The van der Waals surface area contributed by atoms with Gasteiger partial charge >= 0.3 is 5.97 Å². The number of ether oxygens (including phenoxy) is 2. The molecule has 0 aliphatic heterocycles. The van der Waals surface area contributed by atoms with E-state index in [1.807, 2.05) is 12.1 Å². The molecule has 0 saturated heterocycles. The highest BCUT2D eigenvalue weighted by molar-refractivity contribution is 5.71. The second-order valence-electron chi connectivity index (χ2n) is 11.0. The van der Waals surface area contributed by atoms with E-state index in [2.05, 4.69) is 60.6 Å². The first-order valence-electron chi connectivity index (χ1n) is 12.5. The van der Waals surface area contributed by atoms with Gasteiger partial charge in [0.1, 0.15) is 11.4 Å². The zero-order valence-corrected chi connectivity index (χ0v) is 21.2. The van der Waals surface area contributed by atoms with Crippen molar-refractivity contribution in [3.63, 3.8) is 0 Å². The van der Waals surface area contributed by atoms with Crippen LogP contribution in [-0.2, 0) is 9.53 Å². The Morgan fingerprint density at radius 2 is 1.58 bits per heavy atom. The molecule has 0 heterocycles. The first-order valence-corrected chi connectivity index (χ1v) is 12.5. The van der Waals surface area contributed by atoms with Crippen molar-refractivity contribution in [1.82, 2.24) is 0 Å². The van der Waals surface area contributed by atoms with E-state index in [1.54, 1.807) is 0 Å². The molecule has 2 rings (SSSR count). The van der Waals surface area contributed by atoms with Crippen LogP contribution in [0.2, 0.25) is 0 Å². The van der Waals surface area contributed by atoms with E-state index in [1.165, 1.54) is 18.4 Å². The molecule has 31 heavy (non-hydrogen) atoms. The summed E-state index contributed by atoms with van der Waals surface area (Å²) in [7, 11) is 0. The molecule has 1 aromatic rings. The lowest BCUT2D eigenvalue weighted by Crippen LogP contribution is -2.38. The molecule has 1 aliphatic rings. The predicted octanol–water partition coefficient (Wildman–Crippen LogP) is 8.07. The average molecular weight is 431 g/mol. The lowest BCUT2D eigenvalue weighted by molar-refractivity contribution is -0.166. The Kier molecular flexibility index (Phi) is 9.03. The van der Waals surface area contributed by atoms with Gasteiger partial charge in [-0.05, 0) is 73.0 Å². The maximum absolute atomic E-state index is 12.4. The van der Waals surface area contributed by atoms with Crippen LogP contribution in [0.1, 0.15) is 118 Å². The molecule has 0 amide bonds.